The zero-order valence-corrected chi connectivity index (χ0v) is 14.3. The maximum Gasteiger partial charge on any atom is 0.183 e. The maximum atomic E-state index is 14.2. The lowest BCUT2D eigenvalue weighted by atomic mass is 10.2. The van der Waals surface area contributed by atoms with Gasteiger partial charge in [-0.2, -0.15) is 0 Å². The summed E-state index contributed by atoms with van der Waals surface area (Å²) in [6, 6.07) is 11.7. The molecule has 0 aliphatic carbocycles. The Labute approximate surface area is 147 Å². The Hall–Kier alpha value is -2.31. The quantitative estimate of drug-likeness (QED) is 0.640. The van der Waals surface area contributed by atoms with Crippen molar-refractivity contribution in [2.75, 3.05) is 12.4 Å². The van der Waals surface area contributed by atoms with Crippen LogP contribution in [0, 0.1) is 5.82 Å². The van der Waals surface area contributed by atoms with Gasteiger partial charge in [0.15, 0.2) is 16.0 Å². The van der Waals surface area contributed by atoms with Gasteiger partial charge in [0.05, 0.1) is 13.7 Å². The number of thiazole rings is 1. The first-order valence-corrected chi connectivity index (χ1v) is 8.29. The highest BCUT2D eigenvalue weighted by atomic mass is 35.5. The predicted molar refractivity (Wildman–Crippen MR) is 93.9 cm³/mol. The number of ether oxygens (including phenoxy) is 2. The largest absolute Gasteiger partial charge is 0.497 e. The molecular formula is C17H14ClFN2O2S. The molecule has 2 aromatic carbocycles. The van der Waals surface area contributed by atoms with Gasteiger partial charge in [0.25, 0.3) is 0 Å². The van der Waals surface area contributed by atoms with Crippen LogP contribution >= 0.6 is 22.9 Å². The molecule has 0 amide bonds. The van der Waals surface area contributed by atoms with E-state index in [1.807, 2.05) is 0 Å². The first kappa shape index (κ1) is 16.5. The smallest absolute Gasteiger partial charge is 0.183 e. The van der Waals surface area contributed by atoms with Gasteiger partial charge in [-0.15, -0.1) is 11.3 Å². The molecule has 0 spiro atoms. The molecule has 0 unspecified atom stereocenters. The zero-order chi connectivity index (χ0) is 16.9. The van der Waals surface area contributed by atoms with Crippen LogP contribution in [0.2, 0.25) is 4.47 Å². The maximum absolute atomic E-state index is 14.2. The van der Waals surface area contributed by atoms with E-state index in [0.717, 1.165) is 4.88 Å². The van der Waals surface area contributed by atoms with Gasteiger partial charge in [-0.3, -0.25) is 0 Å². The van der Waals surface area contributed by atoms with Crippen LogP contribution in [0.3, 0.4) is 0 Å². The standard InChI is InChI=1S/C17H14ClFN2O2S/c1-22-12-3-5-13(6-4-12)23-16-7-2-11(8-15(16)19)20-9-14-10-21-17(18)24-14/h2-8,10,20H,9H2,1H3. The fourth-order valence-corrected chi connectivity index (χ4v) is 2.94. The molecular weight excluding hydrogens is 351 g/mol. The molecule has 4 nitrogen and oxygen atoms in total. The van der Waals surface area contributed by atoms with Gasteiger partial charge in [-0.25, -0.2) is 9.37 Å². The van der Waals surface area contributed by atoms with Crippen LogP contribution in [0.25, 0.3) is 0 Å². The summed E-state index contributed by atoms with van der Waals surface area (Å²) in [5.41, 5.74) is 0.652. The molecule has 7 heteroatoms. The van der Waals surface area contributed by atoms with Gasteiger partial charge in [0.1, 0.15) is 11.5 Å². The van der Waals surface area contributed by atoms with Gasteiger partial charge >= 0.3 is 0 Å². The van der Waals surface area contributed by atoms with Crippen molar-refractivity contribution in [2.24, 2.45) is 0 Å². The molecule has 0 atom stereocenters. The molecule has 1 aromatic heterocycles. The van der Waals surface area contributed by atoms with E-state index >= 15 is 0 Å². The number of hydrogen-bond acceptors (Lipinski definition) is 5. The Morgan fingerprint density at radius 1 is 1.17 bits per heavy atom. The van der Waals surface area contributed by atoms with Crippen molar-refractivity contribution in [2.45, 2.75) is 6.54 Å². The Balaban J connectivity index is 1.65. The van der Waals surface area contributed by atoms with Crippen LogP contribution < -0.4 is 14.8 Å². The van der Waals surface area contributed by atoms with Gasteiger partial charge in [0, 0.05) is 22.8 Å². The number of nitrogens with zero attached hydrogens (tertiary/aromatic N) is 1. The fraction of sp³-hybridized carbons (Fsp3) is 0.118. The Kier molecular flexibility index (Phi) is 5.17. The number of anilines is 1. The van der Waals surface area contributed by atoms with E-state index in [9.17, 15) is 4.39 Å². The molecule has 0 bridgehead atoms. The van der Waals surface area contributed by atoms with Gasteiger partial charge in [0.2, 0.25) is 0 Å². The Bertz CT molecular complexity index is 824. The summed E-state index contributed by atoms with van der Waals surface area (Å²) >= 11 is 7.16. The summed E-state index contributed by atoms with van der Waals surface area (Å²) in [6.45, 7) is 0.530. The number of halogens is 2. The molecule has 1 N–H and O–H groups in total. The Morgan fingerprint density at radius 2 is 1.92 bits per heavy atom. The summed E-state index contributed by atoms with van der Waals surface area (Å²) in [5.74, 6) is 0.963. The minimum Gasteiger partial charge on any atom is -0.497 e. The third-order valence-electron chi connectivity index (χ3n) is 3.21. The number of benzene rings is 2. The molecule has 0 radical (unpaired) electrons. The highest BCUT2D eigenvalue weighted by molar-refractivity contribution is 7.15. The van der Waals surface area contributed by atoms with Crippen molar-refractivity contribution in [1.82, 2.24) is 4.98 Å². The summed E-state index contributed by atoms with van der Waals surface area (Å²) in [7, 11) is 1.58. The molecule has 0 fully saturated rings. The van der Waals surface area contributed by atoms with E-state index in [1.54, 1.807) is 49.7 Å². The predicted octanol–water partition coefficient (Wildman–Crippen LogP) is 5.35. The summed E-state index contributed by atoms with van der Waals surface area (Å²) in [5, 5.41) is 3.12. The summed E-state index contributed by atoms with van der Waals surface area (Å²) in [4.78, 5) is 4.93. The average Bonchev–Trinajstić information content (AvgIpc) is 3.01. The van der Waals surface area contributed by atoms with Crippen molar-refractivity contribution in [3.8, 4) is 17.2 Å². The third-order valence-corrected chi connectivity index (χ3v) is 4.33. The second-order valence-electron chi connectivity index (χ2n) is 4.86. The molecule has 3 rings (SSSR count). The zero-order valence-electron chi connectivity index (χ0n) is 12.8. The van der Waals surface area contributed by atoms with Crippen molar-refractivity contribution < 1.29 is 13.9 Å². The van der Waals surface area contributed by atoms with Crippen molar-refractivity contribution in [3.63, 3.8) is 0 Å². The number of nitrogens with one attached hydrogen (secondary N) is 1. The highest BCUT2D eigenvalue weighted by Gasteiger charge is 2.07. The highest BCUT2D eigenvalue weighted by Crippen LogP contribution is 2.28. The van der Waals surface area contributed by atoms with Crippen LogP contribution in [-0.2, 0) is 6.54 Å². The summed E-state index contributed by atoms with van der Waals surface area (Å²) in [6.07, 6.45) is 1.69. The fourth-order valence-electron chi connectivity index (χ4n) is 2.02. The molecule has 124 valence electrons. The number of hydrogen-bond donors (Lipinski definition) is 1. The van der Waals surface area contributed by atoms with E-state index < -0.39 is 5.82 Å². The van der Waals surface area contributed by atoms with Crippen LogP contribution in [0.15, 0.2) is 48.7 Å². The minimum atomic E-state index is -0.446. The monoisotopic (exact) mass is 364 g/mol. The van der Waals surface area contributed by atoms with Crippen molar-refractivity contribution in [3.05, 3.63) is 63.8 Å². The van der Waals surface area contributed by atoms with E-state index in [-0.39, 0.29) is 5.75 Å². The lowest BCUT2D eigenvalue weighted by molar-refractivity contribution is 0.411. The van der Waals surface area contributed by atoms with Crippen LogP contribution in [-0.4, -0.2) is 12.1 Å². The molecule has 0 saturated carbocycles. The van der Waals surface area contributed by atoms with Crippen LogP contribution in [0.4, 0.5) is 10.1 Å². The van der Waals surface area contributed by atoms with E-state index in [2.05, 4.69) is 10.3 Å². The van der Waals surface area contributed by atoms with Crippen molar-refractivity contribution in [1.29, 1.82) is 0 Å². The average molecular weight is 365 g/mol. The van der Waals surface area contributed by atoms with Crippen molar-refractivity contribution >= 4 is 28.6 Å². The third kappa shape index (κ3) is 4.15. The second kappa shape index (κ2) is 7.51. The normalized spacial score (nSPS) is 10.5. The Morgan fingerprint density at radius 3 is 2.54 bits per heavy atom. The van der Waals surface area contributed by atoms with E-state index in [0.29, 0.717) is 28.2 Å². The molecule has 1 heterocycles. The van der Waals surface area contributed by atoms with Gasteiger partial charge in [-0.05, 0) is 36.4 Å². The topological polar surface area (TPSA) is 43.4 Å². The molecule has 0 aliphatic heterocycles. The minimum absolute atomic E-state index is 0.159. The van der Waals surface area contributed by atoms with Crippen LogP contribution in [0.5, 0.6) is 17.2 Å². The lowest BCUT2D eigenvalue weighted by Crippen LogP contribution is -1.98. The van der Waals surface area contributed by atoms with Crippen LogP contribution in [0.1, 0.15) is 4.88 Å². The van der Waals surface area contributed by atoms with Gasteiger partial charge < -0.3 is 14.8 Å². The molecule has 0 aliphatic rings. The number of methoxy groups -OCH3 is 1. The number of aromatic nitrogens is 1. The lowest BCUT2D eigenvalue weighted by Gasteiger charge is -2.10. The molecule has 0 saturated heterocycles. The second-order valence-corrected chi connectivity index (χ2v) is 6.55. The molecule has 3 aromatic rings. The van der Waals surface area contributed by atoms with E-state index in [1.165, 1.54) is 17.4 Å². The van der Waals surface area contributed by atoms with Gasteiger partial charge in [-0.1, -0.05) is 11.6 Å². The first-order chi connectivity index (χ1) is 11.6. The molecule has 24 heavy (non-hydrogen) atoms. The van der Waals surface area contributed by atoms with E-state index in [4.69, 9.17) is 21.1 Å². The summed E-state index contributed by atoms with van der Waals surface area (Å²) < 4.78 is 25.3. The first-order valence-electron chi connectivity index (χ1n) is 7.09. The SMILES string of the molecule is COc1ccc(Oc2ccc(NCc3cnc(Cl)s3)cc2F)cc1. The number of rotatable bonds is 6.